The Hall–Kier alpha value is -3.89. The van der Waals surface area contributed by atoms with Gasteiger partial charge in [-0.15, -0.1) is 12.6 Å². The Morgan fingerprint density at radius 1 is 0.711 bits per heavy atom. The standard InChI is InChI=1S/C20H24N2Si.C14H13B/c1-20(2,3)23(17-22-15-14-21-16-22,18-10-6-4-7-11-18)19-12-8-5-9-13-19;1-2-15(13-9-5-3-6-10-13)14-11-7-4-8-12-14/h4-16H,17H2,1-3H3;2-12H,1H2. The molecule has 0 amide bonds. The van der Waals surface area contributed by atoms with E-state index in [-0.39, 0.29) is 5.04 Å². The SMILES string of the molecule is C=CB(c1ccccc1)c1ccccc1.CC(C)(C)[Si](Cn1ccnc1)(c1ccccc1)c1ccccc1. The molecule has 4 aromatic carbocycles. The average Bonchev–Trinajstić information content (AvgIpc) is 3.47. The Labute approximate surface area is 229 Å². The predicted octanol–water partition coefficient (Wildman–Crippen LogP) is 5.51. The summed E-state index contributed by atoms with van der Waals surface area (Å²) in [5.41, 5.74) is 2.58. The monoisotopic (exact) mass is 512 g/mol. The molecular weight excluding hydrogens is 475 g/mol. The lowest BCUT2D eigenvalue weighted by atomic mass is 9.41. The predicted molar refractivity (Wildman–Crippen MR) is 168 cm³/mol. The van der Waals surface area contributed by atoms with Gasteiger partial charge in [0.2, 0.25) is 6.71 Å². The summed E-state index contributed by atoms with van der Waals surface area (Å²) < 4.78 is 2.25. The fourth-order valence-electron chi connectivity index (χ4n) is 5.34. The van der Waals surface area contributed by atoms with Gasteiger partial charge in [0.15, 0.2) is 0 Å². The number of rotatable bonds is 7. The molecular formula is C34H37BN2Si. The van der Waals surface area contributed by atoms with E-state index in [1.165, 1.54) is 21.3 Å². The van der Waals surface area contributed by atoms with E-state index in [4.69, 9.17) is 0 Å². The fourth-order valence-corrected chi connectivity index (χ4v) is 10.5. The number of hydrogen-bond donors (Lipinski definition) is 0. The minimum atomic E-state index is -2.03. The molecule has 1 heterocycles. The van der Waals surface area contributed by atoms with Crippen LogP contribution < -0.4 is 21.3 Å². The maximum atomic E-state index is 4.26. The second-order valence-electron chi connectivity index (χ2n) is 10.7. The number of aromatic nitrogens is 2. The van der Waals surface area contributed by atoms with E-state index in [0.717, 1.165) is 6.17 Å². The quantitative estimate of drug-likeness (QED) is 0.263. The summed E-state index contributed by atoms with van der Waals surface area (Å²) >= 11 is 0. The van der Waals surface area contributed by atoms with Crippen LogP contribution in [0.5, 0.6) is 0 Å². The van der Waals surface area contributed by atoms with Gasteiger partial charge in [-0.1, -0.05) is 163 Å². The minimum Gasteiger partial charge on any atom is -0.340 e. The van der Waals surface area contributed by atoms with Crippen LogP contribution in [0.4, 0.5) is 0 Å². The second-order valence-corrected chi connectivity index (χ2v) is 15.4. The lowest BCUT2D eigenvalue weighted by molar-refractivity contribution is 0.698. The largest absolute Gasteiger partial charge is 0.340 e. The first kappa shape index (κ1) is 27.2. The van der Waals surface area contributed by atoms with Crippen LogP contribution in [0, 0.1) is 0 Å². The third-order valence-electron chi connectivity index (χ3n) is 7.35. The number of imidazole rings is 1. The van der Waals surface area contributed by atoms with E-state index in [0.29, 0.717) is 6.71 Å². The van der Waals surface area contributed by atoms with Crippen molar-refractivity contribution in [3.63, 3.8) is 0 Å². The van der Waals surface area contributed by atoms with Crippen LogP contribution in [0.15, 0.2) is 153 Å². The molecule has 4 heteroatoms. The third kappa shape index (κ3) is 6.15. The topological polar surface area (TPSA) is 17.8 Å². The Morgan fingerprint density at radius 3 is 1.47 bits per heavy atom. The van der Waals surface area contributed by atoms with Crippen molar-refractivity contribution < 1.29 is 0 Å². The molecule has 5 rings (SSSR count). The van der Waals surface area contributed by atoms with Crippen LogP contribution in [-0.2, 0) is 6.17 Å². The summed E-state index contributed by atoms with van der Waals surface area (Å²) in [5, 5.41) is 3.14. The average molecular weight is 513 g/mol. The summed E-state index contributed by atoms with van der Waals surface area (Å²) in [4.78, 5) is 4.26. The highest BCUT2D eigenvalue weighted by molar-refractivity contribution is 7.03. The van der Waals surface area contributed by atoms with E-state index >= 15 is 0 Å². The van der Waals surface area contributed by atoms with Crippen molar-refractivity contribution in [1.82, 2.24) is 9.55 Å². The van der Waals surface area contributed by atoms with Gasteiger partial charge in [-0.3, -0.25) is 0 Å². The first-order chi connectivity index (χ1) is 18.5. The highest BCUT2D eigenvalue weighted by Gasteiger charge is 2.47. The Bertz CT molecular complexity index is 1290. The smallest absolute Gasteiger partial charge is 0.233 e. The molecule has 1 aromatic heterocycles. The molecule has 0 saturated carbocycles. The first-order valence-corrected chi connectivity index (χ1v) is 15.5. The van der Waals surface area contributed by atoms with E-state index in [2.05, 4.69) is 152 Å². The molecule has 0 unspecified atom stereocenters. The van der Waals surface area contributed by atoms with Crippen LogP contribution >= 0.6 is 0 Å². The summed E-state index contributed by atoms with van der Waals surface area (Å²) in [7, 11) is -2.03. The van der Waals surface area contributed by atoms with Crippen molar-refractivity contribution >= 4 is 36.1 Å². The number of benzene rings is 4. The van der Waals surface area contributed by atoms with E-state index in [1.54, 1.807) is 0 Å². The zero-order chi connectivity index (χ0) is 26.8. The molecule has 0 fully saturated rings. The van der Waals surface area contributed by atoms with Crippen molar-refractivity contribution in [2.45, 2.75) is 32.0 Å². The van der Waals surface area contributed by atoms with Crippen LogP contribution in [0.2, 0.25) is 5.04 Å². The fraction of sp³-hybridized carbons (Fsp3) is 0.147. The highest BCUT2D eigenvalue weighted by Crippen LogP contribution is 2.36. The molecule has 0 atom stereocenters. The van der Waals surface area contributed by atoms with E-state index in [9.17, 15) is 0 Å². The molecule has 38 heavy (non-hydrogen) atoms. The van der Waals surface area contributed by atoms with Gasteiger partial charge in [-0.25, -0.2) is 4.98 Å². The normalized spacial score (nSPS) is 11.2. The van der Waals surface area contributed by atoms with Gasteiger partial charge >= 0.3 is 0 Å². The highest BCUT2D eigenvalue weighted by atomic mass is 28.3. The van der Waals surface area contributed by atoms with Crippen LogP contribution in [0.3, 0.4) is 0 Å². The molecule has 190 valence electrons. The maximum absolute atomic E-state index is 4.26. The molecule has 0 bridgehead atoms. The minimum absolute atomic E-state index is 0.181. The first-order valence-electron chi connectivity index (χ1n) is 13.2. The second kappa shape index (κ2) is 12.6. The Balaban J connectivity index is 0.000000194. The van der Waals surface area contributed by atoms with Gasteiger partial charge in [0, 0.05) is 18.6 Å². The summed E-state index contributed by atoms with van der Waals surface area (Å²) in [6, 6.07) is 43.0. The molecule has 0 saturated heterocycles. The van der Waals surface area contributed by atoms with E-state index < -0.39 is 8.07 Å². The molecule has 0 aliphatic heterocycles. The van der Waals surface area contributed by atoms with Crippen molar-refractivity contribution in [2.75, 3.05) is 0 Å². The zero-order valence-electron chi connectivity index (χ0n) is 22.7. The summed E-state index contributed by atoms with van der Waals surface area (Å²) in [6.07, 6.45) is 6.90. The summed E-state index contributed by atoms with van der Waals surface area (Å²) in [5.74, 6) is 1.99. The Kier molecular flexibility index (Phi) is 8.98. The van der Waals surface area contributed by atoms with Gasteiger partial charge in [0.25, 0.3) is 0 Å². The van der Waals surface area contributed by atoms with Crippen molar-refractivity contribution in [1.29, 1.82) is 0 Å². The van der Waals surface area contributed by atoms with Gasteiger partial charge in [-0.2, -0.15) is 0 Å². The molecule has 0 aliphatic carbocycles. The lowest BCUT2D eigenvalue weighted by Crippen LogP contribution is -2.67. The lowest BCUT2D eigenvalue weighted by Gasteiger charge is -2.44. The van der Waals surface area contributed by atoms with Crippen LogP contribution in [0.25, 0.3) is 0 Å². The van der Waals surface area contributed by atoms with Crippen LogP contribution in [0.1, 0.15) is 20.8 Å². The molecule has 0 radical (unpaired) electrons. The van der Waals surface area contributed by atoms with Crippen molar-refractivity contribution in [3.05, 3.63) is 153 Å². The maximum Gasteiger partial charge on any atom is 0.233 e. The molecule has 0 N–H and O–H groups in total. The van der Waals surface area contributed by atoms with Gasteiger partial charge in [-0.05, 0) is 5.04 Å². The molecule has 2 nitrogen and oxygen atoms in total. The van der Waals surface area contributed by atoms with Gasteiger partial charge in [0.1, 0.15) is 8.07 Å². The Morgan fingerprint density at radius 2 is 1.13 bits per heavy atom. The zero-order valence-corrected chi connectivity index (χ0v) is 23.7. The van der Waals surface area contributed by atoms with Gasteiger partial charge < -0.3 is 4.57 Å². The van der Waals surface area contributed by atoms with Gasteiger partial charge in [0.05, 0.1) is 6.33 Å². The number of hydrogen-bond acceptors (Lipinski definition) is 1. The van der Waals surface area contributed by atoms with Crippen LogP contribution in [-0.4, -0.2) is 24.3 Å². The third-order valence-corrected chi connectivity index (χ3v) is 13.4. The van der Waals surface area contributed by atoms with E-state index in [1.807, 2.05) is 30.6 Å². The van der Waals surface area contributed by atoms with Crippen molar-refractivity contribution in [2.24, 2.45) is 0 Å². The van der Waals surface area contributed by atoms with Crippen molar-refractivity contribution in [3.8, 4) is 0 Å². The number of nitrogens with zero attached hydrogens (tertiary/aromatic N) is 2. The molecule has 0 aliphatic rings. The molecule has 5 aromatic rings. The molecule has 0 spiro atoms. The summed E-state index contributed by atoms with van der Waals surface area (Å²) in [6.45, 7) is 11.4.